The van der Waals surface area contributed by atoms with Crippen LogP contribution in [0.5, 0.6) is 0 Å². The van der Waals surface area contributed by atoms with Crippen molar-refractivity contribution in [3.8, 4) is 0 Å². The summed E-state index contributed by atoms with van der Waals surface area (Å²) < 4.78 is 24.9. The Hall–Kier alpha value is -1.67. The van der Waals surface area contributed by atoms with Gasteiger partial charge in [-0.25, -0.2) is 8.42 Å². The lowest BCUT2D eigenvalue weighted by atomic mass is 10.3. The largest absolute Gasteiger partial charge is 0.324 e. The molecule has 128 valence electrons. The summed E-state index contributed by atoms with van der Waals surface area (Å²) >= 11 is 11.8. The predicted octanol–water partition coefficient (Wildman–Crippen LogP) is 2.79. The molecule has 1 N–H and O–H groups in total. The number of aromatic nitrogens is 1. The van der Waals surface area contributed by atoms with Crippen LogP contribution >= 0.6 is 23.2 Å². The van der Waals surface area contributed by atoms with Gasteiger partial charge in [-0.2, -0.15) is 4.31 Å². The van der Waals surface area contributed by atoms with E-state index in [0.29, 0.717) is 21.4 Å². The van der Waals surface area contributed by atoms with E-state index in [1.807, 2.05) is 0 Å². The van der Waals surface area contributed by atoms with Crippen LogP contribution in [0.3, 0.4) is 0 Å². The van der Waals surface area contributed by atoms with Gasteiger partial charge in [0.05, 0.1) is 35.7 Å². The molecule has 0 radical (unpaired) electrons. The fraction of sp³-hybridized carbons (Fsp3) is 0.200. The molecule has 1 amide bonds. The highest BCUT2D eigenvalue weighted by atomic mass is 35.5. The third-order valence-corrected chi connectivity index (χ3v) is 4.82. The molecule has 0 atom stereocenters. The minimum Gasteiger partial charge on any atom is -0.324 e. The number of pyridine rings is 1. The highest BCUT2D eigenvalue weighted by Gasteiger charge is 2.21. The lowest BCUT2D eigenvalue weighted by molar-refractivity contribution is -0.116. The third kappa shape index (κ3) is 5.45. The van der Waals surface area contributed by atoms with Gasteiger partial charge >= 0.3 is 0 Å². The fourth-order valence-electron chi connectivity index (χ4n) is 1.91. The molecule has 0 aliphatic rings. The van der Waals surface area contributed by atoms with Crippen LogP contribution in [0.4, 0.5) is 5.69 Å². The van der Waals surface area contributed by atoms with Crippen LogP contribution in [0, 0.1) is 0 Å². The first-order valence-corrected chi connectivity index (χ1v) is 9.46. The van der Waals surface area contributed by atoms with Crippen molar-refractivity contribution < 1.29 is 13.2 Å². The number of amides is 1. The van der Waals surface area contributed by atoms with Crippen LogP contribution in [0.2, 0.25) is 10.0 Å². The summed E-state index contributed by atoms with van der Waals surface area (Å²) in [5.41, 5.74) is 0.858. The molecule has 1 aromatic carbocycles. The van der Waals surface area contributed by atoms with Crippen LogP contribution in [0.25, 0.3) is 0 Å². The molecule has 0 spiro atoms. The molecular formula is C15H15Cl2N3O3S. The van der Waals surface area contributed by atoms with Crippen molar-refractivity contribution in [3.63, 3.8) is 0 Å². The normalized spacial score (nSPS) is 11.5. The third-order valence-electron chi connectivity index (χ3n) is 3.06. The van der Waals surface area contributed by atoms with E-state index in [4.69, 9.17) is 23.2 Å². The summed E-state index contributed by atoms with van der Waals surface area (Å²) in [4.78, 5) is 16.3. The van der Waals surface area contributed by atoms with Gasteiger partial charge in [-0.05, 0) is 30.3 Å². The average Bonchev–Trinajstić information content (AvgIpc) is 2.50. The molecule has 9 heteroatoms. The average molecular weight is 388 g/mol. The van der Waals surface area contributed by atoms with Crippen LogP contribution in [-0.4, -0.2) is 36.4 Å². The molecule has 6 nitrogen and oxygen atoms in total. The second-order valence-corrected chi connectivity index (χ2v) is 7.85. The SMILES string of the molecule is CS(=O)(=O)N(CC(=O)Nc1cc(Cl)ccc1Cl)Cc1ccccn1. The molecule has 1 aromatic heterocycles. The molecule has 0 fully saturated rings. The molecule has 0 bridgehead atoms. The number of nitrogens with zero attached hydrogens (tertiary/aromatic N) is 2. The molecule has 0 unspecified atom stereocenters. The molecular weight excluding hydrogens is 373 g/mol. The number of benzene rings is 1. The first-order valence-electron chi connectivity index (χ1n) is 6.85. The Morgan fingerprint density at radius 3 is 2.62 bits per heavy atom. The number of halogens is 2. The van der Waals surface area contributed by atoms with Gasteiger partial charge in [0.25, 0.3) is 0 Å². The number of hydrogen-bond donors (Lipinski definition) is 1. The Labute approximate surface area is 150 Å². The Morgan fingerprint density at radius 2 is 2.00 bits per heavy atom. The van der Waals surface area contributed by atoms with Crippen molar-refractivity contribution in [2.75, 3.05) is 18.1 Å². The van der Waals surface area contributed by atoms with Gasteiger partial charge in [-0.15, -0.1) is 0 Å². The Kier molecular flexibility index (Phi) is 6.17. The van der Waals surface area contributed by atoms with Crippen molar-refractivity contribution in [2.45, 2.75) is 6.54 Å². The zero-order chi connectivity index (χ0) is 17.7. The fourth-order valence-corrected chi connectivity index (χ4v) is 2.96. The van der Waals surface area contributed by atoms with Crippen LogP contribution in [-0.2, 0) is 21.4 Å². The molecule has 2 aromatic rings. The van der Waals surface area contributed by atoms with Crippen molar-refractivity contribution in [2.24, 2.45) is 0 Å². The molecule has 0 aliphatic carbocycles. The van der Waals surface area contributed by atoms with Gasteiger partial charge in [0, 0.05) is 11.2 Å². The Morgan fingerprint density at radius 1 is 1.25 bits per heavy atom. The van der Waals surface area contributed by atoms with Crippen LogP contribution in [0.15, 0.2) is 42.6 Å². The molecule has 2 rings (SSSR count). The van der Waals surface area contributed by atoms with E-state index in [1.54, 1.807) is 36.5 Å². The van der Waals surface area contributed by atoms with Crippen molar-refractivity contribution >= 4 is 44.8 Å². The van der Waals surface area contributed by atoms with Gasteiger partial charge in [0.2, 0.25) is 15.9 Å². The number of carbonyl (C=O) groups is 1. The van der Waals surface area contributed by atoms with Gasteiger partial charge in [-0.3, -0.25) is 9.78 Å². The predicted molar refractivity (Wildman–Crippen MR) is 94.6 cm³/mol. The zero-order valence-electron chi connectivity index (χ0n) is 12.7. The number of sulfonamides is 1. The molecule has 1 heterocycles. The van der Waals surface area contributed by atoms with Gasteiger partial charge in [0.15, 0.2) is 0 Å². The molecule has 0 saturated carbocycles. The Balaban J connectivity index is 2.12. The number of anilines is 1. The van der Waals surface area contributed by atoms with Crippen LogP contribution < -0.4 is 5.32 Å². The maximum atomic E-state index is 12.2. The van der Waals surface area contributed by atoms with E-state index >= 15 is 0 Å². The topological polar surface area (TPSA) is 79.4 Å². The minimum absolute atomic E-state index is 0.00360. The van der Waals surface area contributed by atoms with Gasteiger partial charge < -0.3 is 5.32 Å². The molecule has 0 aliphatic heterocycles. The van der Waals surface area contributed by atoms with Crippen molar-refractivity contribution in [1.29, 1.82) is 0 Å². The van der Waals surface area contributed by atoms with E-state index in [2.05, 4.69) is 10.3 Å². The van der Waals surface area contributed by atoms with Crippen molar-refractivity contribution in [3.05, 3.63) is 58.3 Å². The number of hydrogen-bond acceptors (Lipinski definition) is 4. The monoisotopic (exact) mass is 387 g/mol. The van der Waals surface area contributed by atoms with E-state index < -0.39 is 15.9 Å². The second-order valence-electron chi connectivity index (χ2n) is 5.02. The Bertz CT molecular complexity index is 829. The zero-order valence-corrected chi connectivity index (χ0v) is 15.1. The van der Waals surface area contributed by atoms with Gasteiger partial charge in [0.1, 0.15) is 0 Å². The summed E-state index contributed by atoms with van der Waals surface area (Å²) in [5.74, 6) is -0.527. The highest BCUT2D eigenvalue weighted by Crippen LogP contribution is 2.25. The lowest BCUT2D eigenvalue weighted by Crippen LogP contribution is -2.37. The minimum atomic E-state index is -3.60. The summed E-state index contributed by atoms with van der Waals surface area (Å²) in [5, 5.41) is 3.27. The smallest absolute Gasteiger partial charge is 0.239 e. The number of nitrogens with one attached hydrogen (secondary N) is 1. The summed E-state index contributed by atoms with van der Waals surface area (Å²) in [6.07, 6.45) is 2.59. The van der Waals surface area contributed by atoms with Crippen LogP contribution in [0.1, 0.15) is 5.69 Å². The van der Waals surface area contributed by atoms with Gasteiger partial charge in [-0.1, -0.05) is 29.3 Å². The van der Waals surface area contributed by atoms with Crippen molar-refractivity contribution in [1.82, 2.24) is 9.29 Å². The first kappa shape index (κ1) is 18.7. The number of carbonyl (C=O) groups excluding carboxylic acids is 1. The lowest BCUT2D eigenvalue weighted by Gasteiger charge is -2.19. The first-order chi connectivity index (χ1) is 11.3. The standard InChI is InChI=1S/C15H15Cl2N3O3S/c1-24(22,23)20(9-12-4-2-3-7-18-12)10-15(21)19-14-8-11(16)5-6-13(14)17/h2-8H,9-10H2,1H3,(H,19,21). The molecule has 0 saturated heterocycles. The number of rotatable bonds is 6. The maximum Gasteiger partial charge on any atom is 0.239 e. The summed E-state index contributed by atoms with van der Waals surface area (Å²) in [6.45, 7) is -0.366. The van der Waals surface area contributed by atoms with E-state index in [0.717, 1.165) is 10.6 Å². The second kappa shape index (κ2) is 7.94. The summed E-state index contributed by atoms with van der Waals surface area (Å²) in [7, 11) is -3.60. The molecule has 24 heavy (non-hydrogen) atoms. The highest BCUT2D eigenvalue weighted by molar-refractivity contribution is 7.88. The van der Waals surface area contributed by atoms with E-state index in [-0.39, 0.29) is 13.1 Å². The maximum absolute atomic E-state index is 12.2. The quantitative estimate of drug-likeness (QED) is 0.826. The van der Waals surface area contributed by atoms with E-state index in [9.17, 15) is 13.2 Å². The van der Waals surface area contributed by atoms with E-state index in [1.165, 1.54) is 6.07 Å². The summed E-state index contributed by atoms with van der Waals surface area (Å²) in [6, 6.07) is 9.77.